The molecule has 0 bridgehead atoms. The molecule has 0 atom stereocenters. The molecule has 0 N–H and O–H groups in total. The first-order chi connectivity index (χ1) is 6.20. The Morgan fingerprint density at radius 2 is 2.00 bits per heavy atom. The third-order valence-corrected chi connectivity index (χ3v) is 2.92. The molecular weight excluding hydrogens is 178 g/mol. The summed E-state index contributed by atoms with van der Waals surface area (Å²) in [5.74, 6) is 0.771. The SMILES string of the molecule is Cc1cc2c(cc1C)N=C(CS)C2. The molecule has 0 unspecified atom stereocenters. The Bertz CT molecular complexity index is 380. The van der Waals surface area contributed by atoms with E-state index in [1.807, 2.05) is 0 Å². The van der Waals surface area contributed by atoms with Crippen molar-refractivity contribution in [3.05, 3.63) is 28.8 Å². The summed E-state index contributed by atoms with van der Waals surface area (Å²) in [5.41, 5.74) is 6.36. The van der Waals surface area contributed by atoms with Gasteiger partial charge in [0.2, 0.25) is 0 Å². The smallest absolute Gasteiger partial charge is 0.0668 e. The summed E-state index contributed by atoms with van der Waals surface area (Å²) in [5, 5.41) is 0. The van der Waals surface area contributed by atoms with E-state index >= 15 is 0 Å². The molecule has 1 aliphatic heterocycles. The Kier molecular flexibility index (Phi) is 2.16. The van der Waals surface area contributed by atoms with Crippen LogP contribution >= 0.6 is 12.6 Å². The predicted molar refractivity (Wildman–Crippen MR) is 60.6 cm³/mol. The van der Waals surface area contributed by atoms with Crippen molar-refractivity contribution in [1.82, 2.24) is 0 Å². The Balaban J connectivity index is 2.46. The van der Waals surface area contributed by atoms with E-state index in [4.69, 9.17) is 0 Å². The van der Waals surface area contributed by atoms with E-state index in [0.29, 0.717) is 0 Å². The average Bonchev–Trinajstić information content (AvgIpc) is 2.48. The lowest BCUT2D eigenvalue weighted by Crippen LogP contribution is -1.98. The highest BCUT2D eigenvalue weighted by Gasteiger charge is 2.13. The molecular formula is C11H13NS. The maximum Gasteiger partial charge on any atom is 0.0668 e. The standard InChI is InChI=1S/C11H13NS/c1-7-3-9-5-10(6-13)12-11(9)4-8(7)2/h3-4,13H,5-6H2,1-2H3. The van der Waals surface area contributed by atoms with E-state index < -0.39 is 0 Å². The molecule has 2 heteroatoms. The molecule has 0 fully saturated rings. The van der Waals surface area contributed by atoms with Gasteiger partial charge >= 0.3 is 0 Å². The second-order valence-electron chi connectivity index (χ2n) is 3.58. The summed E-state index contributed by atoms with van der Waals surface area (Å²) in [7, 11) is 0. The van der Waals surface area contributed by atoms with Crippen molar-refractivity contribution >= 4 is 24.0 Å². The number of aliphatic imine (C=N–C) groups is 1. The van der Waals surface area contributed by atoms with Gasteiger partial charge in [0.15, 0.2) is 0 Å². The molecule has 13 heavy (non-hydrogen) atoms. The topological polar surface area (TPSA) is 12.4 Å². The number of fused-ring (bicyclic) bond motifs is 1. The molecule has 1 aliphatic rings. The zero-order valence-electron chi connectivity index (χ0n) is 7.96. The van der Waals surface area contributed by atoms with Crippen LogP contribution in [0.4, 0.5) is 5.69 Å². The van der Waals surface area contributed by atoms with Crippen LogP contribution in [0.3, 0.4) is 0 Å². The van der Waals surface area contributed by atoms with E-state index in [2.05, 4.69) is 43.6 Å². The van der Waals surface area contributed by atoms with Gasteiger partial charge < -0.3 is 0 Å². The number of hydrogen-bond donors (Lipinski definition) is 1. The van der Waals surface area contributed by atoms with Gasteiger partial charge in [-0.2, -0.15) is 12.6 Å². The number of nitrogens with zero attached hydrogens (tertiary/aromatic N) is 1. The number of thiol groups is 1. The molecule has 2 rings (SSSR count). The van der Waals surface area contributed by atoms with E-state index in [1.165, 1.54) is 22.4 Å². The molecule has 0 saturated heterocycles. The predicted octanol–water partition coefficient (Wildman–Crippen LogP) is 2.86. The van der Waals surface area contributed by atoms with Crippen LogP contribution < -0.4 is 0 Å². The molecule has 68 valence electrons. The molecule has 0 amide bonds. The second kappa shape index (κ2) is 3.18. The van der Waals surface area contributed by atoms with Crippen LogP contribution in [0, 0.1) is 13.8 Å². The van der Waals surface area contributed by atoms with Crippen molar-refractivity contribution in [2.45, 2.75) is 20.3 Å². The highest BCUT2D eigenvalue weighted by Crippen LogP contribution is 2.29. The minimum absolute atomic E-state index is 0.771. The van der Waals surface area contributed by atoms with Gasteiger partial charge in [0.05, 0.1) is 5.69 Å². The zero-order valence-corrected chi connectivity index (χ0v) is 8.86. The van der Waals surface area contributed by atoms with Gasteiger partial charge in [-0.3, -0.25) is 4.99 Å². The summed E-state index contributed by atoms with van der Waals surface area (Å²) >= 11 is 4.24. The van der Waals surface area contributed by atoms with Crippen molar-refractivity contribution in [2.24, 2.45) is 4.99 Å². The number of benzene rings is 1. The molecule has 1 aromatic rings. The van der Waals surface area contributed by atoms with Gasteiger partial charge in [-0.1, -0.05) is 6.07 Å². The molecule has 1 aromatic carbocycles. The van der Waals surface area contributed by atoms with Gasteiger partial charge in [0.25, 0.3) is 0 Å². The number of aryl methyl sites for hydroxylation is 2. The van der Waals surface area contributed by atoms with Gasteiger partial charge in [0, 0.05) is 17.9 Å². The quantitative estimate of drug-likeness (QED) is 0.655. The van der Waals surface area contributed by atoms with Gasteiger partial charge in [-0.05, 0) is 36.6 Å². The molecule has 1 heterocycles. The fraction of sp³-hybridized carbons (Fsp3) is 0.364. The van der Waals surface area contributed by atoms with Gasteiger partial charge in [0.1, 0.15) is 0 Å². The molecule has 0 radical (unpaired) electrons. The number of hydrogen-bond acceptors (Lipinski definition) is 2. The molecule has 0 aliphatic carbocycles. The Morgan fingerprint density at radius 1 is 1.31 bits per heavy atom. The molecule has 0 spiro atoms. The largest absolute Gasteiger partial charge is 0.256 e. The maximum absolute atomic E-state index is 4.51. The first-order valence-corrected chi connectivity index (χ1v) is 5.11. The van der Waals surface area contributed by atoms with Crippen molar-refractivity contribution in [3.63, 3.8) is 0 Å². The van der Waals surface area contributed by atoms with Crippen LogP contribution in [-0.4, -0.2) is 11.5 Å². The van der Waals surface area contributed by atoms with Crippen LogP contribution in [0.2, 0.25) is 0 Å². The lowest BCUT2D eigenvalue weighted by molar-refractivity contribution is 1.28. The molecule has 0 aromatic heterocycles. The zero-order chi connectivity index (χ0) is 9.42. The summed E-state index contributed by atoms with van der Waals surface area (Å²) in [6.07, 6.45) is 0.986. The van der Waals surface area contributed by atoms with Crippen LogP contribution in [0.5, 0.6) is 0 Å². The monoisotopic (exact) mass is 191 g/mol. The fourth-order valence-electron chi connectivity index (χ4n) is 1.63. The van der Waals surface area contributed by atoms with E-state index in [0.717, 1.165) is 17.9 Å². The van der Waals surface area contributed by atoms with Crippen LogP contribution in [0.15, 0.2) is 17.1 Å². The van der Waals surface area contributed by atoms with Crippen molar-refractivity contribution in [3.8, 4) is 0 Å². The number of rotatable bonds is 1. The minimum Gasteiger partial charge on any atom is -0.256 e. The van der Waals surface area contributed by atoms with Crippen molar-refractivity contribution in [1.29, 1.82) is 0 Å². The third-order valence-electron chi connectivity index (χ3n) is 2.55. The maximum atomic E-state index is 4.51. The lowest BCUT2D eigenvalue weighted by Gasteiger charge is -2.02. The Labute approximate surface area is 84.3 Å². The normalized spacial score (nSPS) is 14.2. The second-order valence-corrected chi connectivity index (χ2v) is 3.89. The minimum atomic E-state index is 0.771. The highest BCUT2D eigenvalue weighted by atomic mass is 32.1. The Morgan fingerprint density at radius 3 is 2.69 bits per heavy atom. The molecule has 1 nitrogen and oxygen atoms in total. The van der Waals surface area contributed by atoms with Crippen molar-refractivity contribution < 1.29 is 0 Å². The van der Waals surface area contributed by atoms with E-state index in [-0.39, 0.29) is 0 Å². The fourth-order valence-corrected chi connectivity index (χ4v) is 1.81. The van der Waals surface area contributed by atoms with Gasteiger partial charge in [-0.25, -0.2) is 0 Å². The first-order valence-electron chi connectivity index (χ1n) is 4.48. The summed E-state index contributed by atoms with van der Waals surface area (Å²) in [6, 6.07) is 4.41. The summed E-state index contributed by atoms with van der Waals surface area (Å²) < 4.78 is 0. The summed E-state index contributed by atoms with van der Waals surface area (Å²) in [6.45, 7) is 4.28. The van der Waals surface area contributed by atoms with Crippen LogP contribution in [-0.2, 0) is 6.42 Å². The first kappa shape index (κ1) is 8.82. The Hall–Kier alpha value is -0.760. The summed E-state index contributed by atoms with van der Waals surface area (Å²) in [4.78, 5) is 4.51. The molecule has 0 saturated carbocycles. The highest BCUT2D eigenvalue weighted by molar-refractivity contribution is 7.81. The van der Waals surface area contributed by atoms with E-state index in [9.17, 15) is 0 Å². The average molecular weight is 191 g/mol. The van der Waals surface area contributed by atoms with Crippen LogP contribution in [0.1, 0.15) is 16.7 Å². The third kappa shape index (κ3) is 1.51. The lowest BCUT2D eigenvalue weighted by atomic mass is 10.0. The van der Waals surface area contributed by atoms with E-state index in [1.54, 1.807) is 0 Å². The van der Waals surface area contributed by atoms with Crippen LogP contribution in [0.25, 0.3) is 0 Å². The van der Waals surface area contributed by atoms with Crippen molar-refractivity contribution in [2.75, 3.05) is 5.75 Å². The van der Waals surface area contributed by atoms with Gasteiger partial charge in [-0.15, -0.1) is 0 Å².